The van der Waals surface area contributed by atoms with Crippen molar-refractivity contribution in [2.75, 3.05) is 26.4 Å². The van der Waals surface area contributed by atoms with Gasteiger partial charge in [0.2, 0.25) is 0 Å². The molecule has 0 aromatic rings. The van der Waals surface area contributed by atoms with E-state index in [-0.39, 0.29) is 99.9 Å². The van der Waals surface area contributed by atoms with Crippen LogP contribution in [-0.2, 0) is 47.6 Å². The van der Waals surface area contributed by atoms with Gasteiger partial charge in [0.15, 0.2) is 0 Å². The van der Waals surface area contributed by atoms with Crippen LogP contribution in [0, 0.1) is 0 Å². The minimum absolute atomic E-state index is 0. The first kappa shape index (κ1) is 43.4. The Hall–Kier alpha value is 2.19. The van der Waals surface area contributed by atoms with Crippen LogP contribution in [0.25, 0.3) is 0 Å². The van der Waals surface area contributed by atoms with Gasteiger partial charge >= 0.3 is 44.8 Å². The van der Waals surface area contributed by atoms with Gasteiger partial charge in [-0.05, 0) is 0 Å². The van der Waals surface area contributed by atoms with Crippen molar-refractivity contribution in [1.82, 2.24) is 0 Å². The van der Waals surface area contributed by atoms with Gasteiger partial charge in [0.05, 0.1) is 0 Å². The molecule has 0 aliphatic rings. The van der Waals surface area contributed by atoms with Crippen molar-refractivity contribution >= 4 is 23.1 Å². The molecule has 0 aromatic heterocycles. The van der Waals surface area contributed by atoms with Crippen molar-refractivity contribution < 1.29 is 70.8 Å². The van der Waals surface area contributed by atoms with Crippen LogP contribution >= 0.6 is 0 Å². The summed E-state index contributed by atoms with van der Waals surface area (Å²) >= 11 is 0. The minimum Gasteiger partial charge on any atom is -1.00 e. The Bertz CT molecular complexity index is 43.5. The standard InChI is InChI=1S/4C2H5O.Hf.Mg.Ti.2H/c4*1-2-3;;;;;/h4*2H2,1H3;;;;;/q4*-1;;+2;+4;2*-1. The number of hydrogen-bond acceptors (Lipinski definition) is 4. The van der Waals surface area contributed by atoms with E-state index >= 15 is 0 Å². The van der Waals surface area contributed by atoms with Crippen LogP contribution < -0.4 is 20.4 Å². The summed E-state index contributed by atoms with van der Waals surface area (Å²) in [5.74, 6) is 0. The minimum atomic E-state index is 0. The number of hydrogen-bond donors (Lipinski definition) is 0. The summed E-state index contributed by atoms with van der Waals surface area (Å²) in [6, 6.07) is 0. The van der Waals surface area contributed by atoms with E-state index in [1.54, 1.807) is 27.7 Å². The van der Waals surface area contributed by atoms with Crippen LogP contribution in [0.15, 0.2) is 0 Å². The van der Waals surface area contributed by atoms with Gasteiger partial charge in [-0.3, -0.25) is 0 Å². The summed E-state index contributed by atoms with van der Waals surface area (Å²) in [5, 5.41) is 35.7. The van der Waals surface area contributed by atoms with Crippen LogP contribution in [0.5, 0.6) is 0 Å². The SMILES string of the molecule is CC[O-].CC[O-].CC[O-].CC[O-].[H-].[H-].[Hf].[Mg+2].[Ti+4]. The summed E-state index contributed by atoms with van der Waals surface area (Å²) in [6.45, 7) is 6.28. The maximum atomic E-state index is 8.93. The van der Waals surface area contributed by atoms with E-state index in [2.05, 4.69) is 0 Å². The molecule has 0 saturated heterocycles. The van der Waals surface area contributed by atoms with Gasteiger partial charge in [-0.25, -0.2) is 0 Å². The quantitative estimate of drug-likeness (QED) is 0.390. The summed E-state index contributed by atoms with van der Waals surface area (Å²) in [5.41, 5.74) is 0. The van der Waals surface area contributed by atoms with Crippen molar-refractivity contribution in [3.63, 3.8) is 0 Å². The normalized spacial score (nSPS) is 4.80. The molecule has 0 atom stereocenters. The molecule has 0 aliphatic carbocycles. The first-order valence-corrected chi connectivity index (χ1v) is 3.98. The molecule has 0 amide bonds. The molecule has 4 nitrogen and oxygen atoms in total. The monoisotopic (exact) mass is 434 g/mol. The zero-order valence-corrected chi connectivity index (χ0v) is 16.7. The van der Waals surface area contributed by atoms with Gasteiger partial charge in [-0.1, -0.05) is 27.7 Å². The molecule has 7 heteroatoms. The fraction of sp³-hybridized carbons (Fsp3) is 1.00. The molecule has 0 fully saturated rings. The molecule has 0 N–H and O–H groups in total. The fourth-order valence-electron chi connectivity index (χ4n) is 0. The average molecular weight is 433 g/mol. The maximum Gasteiger partial charge on any atom is 4.00 e. The molecule has 0 heterocycles. The predicted octanol–water partition coefficient (Wildman–Crippen LogP) is -2.69. The molecule has 88 valence electrons. The second-order valence-electron chi connectivity index (χ2n) is 1.15. The first-order chi connectivity index (χ1) is 5.66. The van der Waals surface area contributed by atoms with Crippen LogP contribution in [0.1, 0.15) is 30.5 Å². The Morgan fingerprint density at radius 3 is 0.667 bits per heavy atom. The molecular weight excluding hydrogens is 411 g/mol. The van der Waals surface area contributed by atoms with Gasteiger partial charge in [0.1, 0.15) is 0 Å². The molecular formula is C8H22HfMgO4Ti. The zero-order valence-electron chi connectivity index (χ0n) is 12.2. The summed E-state index contributed by atoms with van der Waals surface area (Å²) in [7, 11) is 0. The van der Waals surface area contributed by atoms with Crippen molar-refractivity contribution in [3.8, 4) is 0 Å². The van der Waals surface area contributed by atoms with Crippen molar-refractivity contribution in [2.24, 2.45) is 0 Å². The molecule has 0 aliphatic heterocycles. The summed E-state index contributed by atoms with van der Waals surface area (Å²) in [6.07, 6.45) is 0. The molecule has 0 rings (SSSR count). The Labute approximate surface area is 147 Å². The second kappa shape index (κ2) is 97.5. The van der Waals surface area contributed by atoms with E-state index in [0.29, 0.717) is 0 Å². The maximum absolute atomic E-state index is 8.93. The third kappa shape index (κ3) is 679. The second-order valence-corrected chi connectivity index (χ2v) is 1.15. The van der Waals surface area contributed by atoms with E-state index < -0.39 is 0 Å². The van der Waals surface area contributed by atoms with Crippen LogP contribution in [-0.4, -0.2) is 49.5 Å². The van der Waals surface area contributed by atoms with E-state index in [0.717, 1.165) is 0 Å². The van der Waals surface area contributed by atoms with Crippen LogP contribution in [0.4, 0.5) is 0 Å². The van der Waals surface area contributed by atoms with E-state index in [1.165, 1.54) is 0 Å². The largest absolute Gasteiger partial charge is 4.00 e. The van der Waals surface area contributed by atoms with Gasteiger partial charge in [0.25, 0.3) is 0 Å². The molecule has 15 heavy (non-hydrogen) atoms. The topological polar surface area (TPSA) is 92.2 Å². The van der Waals surface area contributed by atoms with E-state index in [4.69, 9.17) is 20.4 Å². The molecule has 0 aromatic carbocycles. The van der Waals surface area contributed by atoms with E-state index in [1.807, 2.05) is 0 Å². The average Bonchev–Trinajstić information content (AvgIpc) is 1.92. The molecule has 0 unspecified atom stereocenters. The summed E-state index contributed by atoms with van der Waals surface area (Å²) < 4.78 is 0. The van der Waals surface area contributed by atoms with Gasteiger partial charge in [-0.15, -0.1) is 26.4 Å². The van der Waals surface area contributed by atoms with Crippen LogP contribution in [0.2, 0.25) is 0 Å². The predicted molar refractivity (Wildman–Crippen MR) is 50.1 cm³/mol. The van der Waals surface area contributed by atoms with Crippen molar-refractivity contribution in [1.29, 1.82) is 0 Å². The third-order valence-corrected chi connectivity index (χ3v) is 0. The van der Waals surface area contributed by atoms with Gasteiger partial charge in [0, 0.05) is 25.8 Å². The number of rotatable bonds is 0. The van der Waals surface area contributed by atoms with E-state index in [9.17, 15) is 0 Å². The molecule has 0 radical (unpaired) electrons. The molecule has 0 spiro atoms. The Morgan fingerprint density at radius 2 is 0.667 bits per heavy atom. The van der Waals surface area contributed by atoms with Crippen molar-refractivity contribution in [3.05, 3.63) is 0 Å². The first-order valence-electron chi connectivity index (χ1n) is 3.98. The third-order valence-electron chi connectivity index (χ3n) is 0. The zero-order chi connectivity index (χ0) is 10.8. The van der Waals surface area contributed by atoms with Gasteiger partial charge in [-0.2, -0.15) is 0 Å². The molecule has 0 bridgehead atoms. The fourth-order valence-corrected chi connectivity index (χ4v) is 0. The Morgan fingerprint density at radius 1 is 0.667 bits per heavy atom. The summed E-state index contributed by atoms with van der Waals surface area (Å²) in [4.78, 5) is 0. The van der Waals surface area contributed by atoms with Crippen molar-refractivity contribution in [2.45, 2.75) is 27.7 Å². The smallest absolute Gasteiger partial charge is 1.00 e. The Balaban J connectivity index is -0.00000000653. The van der Waals surface area contributed by atoms with Gasteiger partial charge < -0.3 is 23.3 Å². The molecule has 0 saturated carbocycles. The Kier molecular flexibility index (Phi) is 282. The van der Waals surface area contributed by atoms with Crippen LogP contribution in [0.3, 0.4) is 0 Å².